The summed E-state index contributed by atoms with van der Waals surface area (Å²) in [5.74, 6) is -1.55. The lowest BCUT2D eigenvalue weighted by molar-refractivity contribution is -0.126. The van der Waals surface area contributed by atoms with Gasteiger partial charge in [0.15, 0.2) is 11.0 Å². The largest absolute Gasteiger partial charge is 0.467 e. The second-order valence-corrected chi connectivity index (χ2v) is 8.18. The molecular formula is C26H17FN2O5. The number of carbonyl (C=O) groups excluding carboxylic acids is 2. The summed E-state index contributed by atoms with van der Waals surface area (Å²) in [4.78, 5) is 44.5. The summed E-state index contributed by atoms with van der Waals surface area (Å²) in [5.41, 5.74) is -1.46. The van der Waals surface area contributed by atoms with Gasteiger partial charge in [-0.05, 0) is 36.4 Å². The van der Waals surface area contributed by atoms with Gasteiger partial charge in [0.1, 0.15) is 17.2 Å². The summed E-state index contributed by atoms with van der Waals surface area (Å²) in [6.45, 7) is 3.83. The van der Waals surface area contributed by atoms with Crippen LogP contribution in [0.2, 0.25) is 0 Å². The van der Waals surface area contributed by atoms with Crippen LogP contribution in [0.3, 0.4) is 0 Å². The van der Waals surface area contributed by atoms with Crippen LogP contribution in [0, 0.1) is 5.82 Å². The summed E-state index contributed by atoms with van der Waals surface area (Å²) in [7, 11) is 0. The maximum atomic E-state index is 14.2. The third-order valence-electron chi connectivity index (χ3n) is 6.40. The van der Waals surface area contributed by atoms with E-state index in [0.29, 0.717) is 17.0 Å². The molecule has 0 aliphatic carbocycles. The Morgan fingerprint density at radius 3 is 2.65 bits per heavy atom. The lowest BCUT2D eigenvalue weighted by Gasteiger charge is -2.33. The van der Waals surface area contributed by atoms with Gasteiger partial charge in [-0.1, -0.05) is 24.3 Å². The number of anilines is 1. The smallest absolute Gasteiger partial charge is 0.291 e. The zero-order chi connectivity index (χ0) is 23.6. The SMILES string of the molecule is C=CCN1C(=O)C2(c3ccccc31)c1c(oc3ccc(F)cc3c1=O)C(=O)N2Cc1ccco1. The molecule has 2 aromatic carbocycles. The first-order chi connectivity index (χ1) is 16.5. The van der Waals surface area contributed by atoms with E-state index < -0.39 is 28.6 Å². The molecule has 6 rings (SSSR count). The summed E-state index contributed by atoms with van der Waals surface area (Å²) in [6.07, 6.45) is 3.03. The molecule has 2 aliphatic rings. The fraction of sp³-hybridized carbons (Fsp3) is 0.115. The lowest BCUT2D eigenvalue weighted by atomic mass is 9.84. The fourth-order valence-corrected chi connectivity index (χ4v) is 5.05. The molecule has 0 N–H and O–H groups in total. The van der Waals surface area contributed by atoms with E-state index >= 15 is 0 Å². The molecule has 34 heavy (non-hydrogen) atoms. The quantitative estimate of drug-likeness (QED) is 0.434. The van der Waals surface area contributed by atoms with Crippen LogP contribution in [0.4, 0.5) is 10.1 Å². The maximum absolute atomic E-state index is 14.2. The van der Waals surface area contributed by atoms with Crippen LogP contribution in [-0.2, 0) is 16.9 Å². The van der Waals surface area contributed by atoms with Crippen molar-refractivity contribution in [2.45, 2.75) is 12.1 Å². The van der Waals surface area contributed by atoms with Crippen LogP contribution in [0.1, 0.15) is 27.4 Å². The highest BCUT2D eigenvalue weighted by molar-refractivity contribution is 6.17. The topological polar surface area (TPSA) is 84.0 Å². The van der Waals surface area contributed by atoms with Crippen molar-refractivity contribution < 1.29 is 22.8 Å². The van der Waals surface area contributed by atoms with E-state index in [9.17, 15) is 18.8 Å². The Morgan fingerprint density at radius 2 is 1.88 bits per heavy atom. The fourth-order valence-electron chi connectivity index (χ4n) is 5.05. The first kappa shape index (κ1) is 20.2. The zero-order valence-electron chi connectivity index (χ0n) is 17.8. The molecule has 0 saturated heterocycles. The molecule has 4 heterocycles. The molecule has 0 saturated carbocycles. The Bertz CT molecular complexity index is 1570. The molecule has 8 heteroatoms. The van der Waals surface area contributed by atoms with Crippen molar-refractivity contribution in [1.82, 2.24) is 4.90 Å². The average Bonchev–Trinajstić information content (AvgIpc) is 3.50. The second kappa shape index (κ2) is 7.02. The highest BCUT2D eigenvalue weighted by Gasteiger charge is 2.65. The van der Waals surface area contributed by atoms with Gasteiger partial charge in [-0.15, -0.1) is 6.58 Å². The molecule has 2 aliphatic heterocycles. The van der Waals surface area contributed by atoms with Crippen molar-refractivity contribution in [3.63, 3.8) is 0 Å². The number of hydrogen-bond acceptors (Lipinski definition) is 5. The van der Waals surface area contributed by atoms with Crippen LogP contribution in [0.5, 0.6) is 0 Å². The number of hydrogen-bond donors (Lipinski definition) is 0. The van der Waals surface area contributed by atoms with Crippen molar-refractivity contribution in [2.24, 2.45) is 0 Å². The normalized spacial score (nSPS) is 18.7. The maximum Gasteiger partial charge on any atom is 0.291 e. The van der Waals surface area contributed by atoms with Gasteiger partial charge in [-0.2, -0.15) is 0 Å². The van der Waals surface area contributed by atoms with E-state index in [-0.39, 0.29) is 35.4 Å². The molecule has 0 fully saturated rings. The number of halogens is 1. The second-order valence-electron chi connectivity index (χ2n) is 8.18. The molecule has 0 radical (unpaired) electrons. The standard InChI is InChI=1S/C26H17FN2O5/c1-2-11-28-19-8-4-3-7-18(19)26(25(28)32)21-22(30)17-13-15(27)9-10-20(17)34-23(21)24(31)29(26)14-16-6-5-12-33-16/h2-10,12-13H,1,11,14H2. The van der Waals surface area contributed by atoms with E-state index in [4.69, 9.17) is 8.83 Å². The van der Waals surface area contributed by atoms with Crippen molar-refractivity contribution in [1.29, 1.82) is 0 Å². The first-order valence-electron chi connectivity index (χ1n) is 10.6. The van der Waals surface area contributed by atoms with Crippen LogP contribution >= 0.6 is 0 Å². The summed E-state index contributed by atoms with van der Waals surface area (Å²) < 4.78 is 25.4. The average molecular weight is 456 g/mol. The number of furan rings is 1. The van der Waals surface area contributed by atoms with E-state index in [1.54, 1.807) is 42.5 Å². The molecule has 1 atom stereocenters. The zero-order valence-corrected chi connectivity index (χ0v) is 17.8. The summed E-state index contributed by atoms with van der Waals surface area (Å²) >= 11 is 0. The van der Waals surface area contributed by atoms with Crippen LogP contribution in [0.15, 0.2) is 87.1 Å². The van der Waals surface area contributed by atoms with Crippen LogP contribution in [0.25, 0.3) is 11.0 Å². The van der Waals surface area contributed by atoms with Gasteiger partial charge >= 0.3 is 0 Å². The van der Waals surface area contributed by atoms with E-state index in [2.05, 4.69) is 6.58 Å². The van der Waals surface area contributed by atoms with Crippen molar-refractivity contribution >= 4 is 28.5 Å². The first-order valence-corrected chi connectivity index (χ1v) is 10.6. The number of nitrogens with zero attached hydrogens (tertiary/aromatic N) is 2. The predicted molar refractivity (Wildman–Crippen MR) is 121 cm³/mol. The minimum absolute atomic E-state index is 0.0433. The molecule has 2 aromatic heterocycles. The van der Waals surface area contributed by atoms with Gasteiger partial charge in [0.05, 0.1) is 29.4 Å². The Labute approximate surface area is 192 Å². The third kappa shape index (κ3) is 2.42. The van der Waals surface area contributed by atoms with E-state index in [1.807, 2.05) is 0 Å². The molecule has 4 aromatic rings. The Balaban J connectivity index is 1.73. The number of rotatable bonds is 4. The molecule has 7 nitrogen and oxygen atoms in total. The molecule has 2 amide bonds. The molecule has 168 valence electrons. The van der Waals surface area contributed by atoms with E-state index in [0.717, 1.165) is 12.1 Å². The molecule has 1 unspecified atom stereocenters. The van der Waals surface area contributed by atoms with Gasteiger partial charge in [0.25, 0.3) is 11.8 Å². The number of para-hydroxylation sites is 1. The minimum atomic E-state index is -1.79. The van der Waals surface area contributed by atoms with Crippen molar-refractivity contribution in [3.8, 4) is 0 Å². The van der Waals surface area contributed by atoms with Crippen molar-refractivity contribution in [2.75, 3.05) is 11.4 Å². The predicted octanol–water partition coefficient (Wildman–Crippen LogP) is 3.96. The van der Waals surface area contributed by atoms with Crippen molar-refractivity contribution in [3.05, 3.63) is 112 Å². The number of benzene rings is 2. The van der Waals surface area contributed by atoms with E-state index in [1.165, 1.54) is 22.1 Å². The van der Waals surface area contributed by atoms with Gasteiger partial charge < -0.3 is 18.6 Å². The summed E-state index contributed by atoms with van der Waals surface area (Å²) in [6, 6.07) is 13.8. The minimum Gasteiger partial charge on any atom is -0.467 e. The number of amides is 2. The monoisotopic (exact) mass is 456 g/mol. The molecule has 0 bridgehead atoms. The van der Waals surface area contributed by atoms with Crippen LogP contribution in [-0.4, -0.2) is 23.3 Å². The molecule has 1 spiro atoms. The van der Waals surface area contributed by atoms with Gasteiger partial charge in [-0.25, -0.2) is 4.39 Å². The highest BCUT2D eigenvalue weighted by Crippen LogP contribution is 2.53. The Hall–Kier alpha value is -4.46. The van der Waals surface area contributed by atoms with Crippen LogP contribution < -0.4 is 10.3 Å². The van der Waals surface area contributed by atoms with Gasteiger partial charge in [-0.3, -0.25) is 14.4 Å². The highest BCUT2D eigenvalue weighted by atomic mass is 19.1. The number of carbonyl (C=O) groups is 2. The molecular weight excluding hydrogens is 439 g/mol. The Kier molecular flexibility index (Phi) is 4.16. The lowest BCUT2D eigenvalue weighted by Crippen LogP contribution is -2.53. The van der Waals surface area contributed by atoms with Gasteiger partial charge in [0.2, 0.25) is 5.76 Å². The third-order valence-corrected chi connectivity index (χ3v) is 6.40. The number of fused-ring (bicyclic) bond motifs is 5. The van der Waals surface area contributed by atoms with Gasteiger partial charge in [0, 0.05) is 12.1 Å². The summed E-state index contributed by atoms with van der Waals surface area (Å²) in [5, 5.41) is -0.0433. The Morgan fingerprint density at radius 1 is 1.06 bits per heavy atom.